The molecule has 0 bridgehead atoms. The molecule has 1 fully saturated rings. The van der Waals surface area contributed by atoms with Crippen LogP contribution in [0, 0.1) is 12.7 Å². The topological polar surface area (TPSA) is 66.5 Å². The van der Waals surface area contributed by atoms with Gasteiger partial charge < -0.3 is 10.2 Å². The van der Waals surface area contributed by atoms with Crippen molar-refractivity contribution in [2.45, 2.75) is 37.1 Å². The lowest BCUT2D eigenvalue weighted by Gasteiger charge is -2.32. The molecule has 0 saturated carbocycles. The summed E-state index contributed by atoms with van der Waals surface area (Å²) < 4.78 is 37.6. The highest BCUT2D eigenvalue weighted by Crippen LogP contribution is 2.16. The molecule has 2 aromatic rings. The number of carbonyl (C=O) groups excluding carboxylic acids is 1. The third-order valence-corrected chi connectivity index (χ3v) is 7.19. The first-order valence-corrected chi connectivity index (χ1v) is 11.6. The van der Waals surface area contributed by atoms with Crippen LogP contribution in [0.1, 0.15) is 35.2 Å². The normalized spacial score (nSPS) is 15.9. The van der Waals surface area contributed by atoms with Gasteiger partial charge in [-0.3, -0.25) is 4.79 Å². The molecule has 1 aliphatic heterocycles. The molecule has 29 heavy (non-hydrogen) atoms. The molecule has 1 N–H and O–H groups in total. The summed E-state index contributed by atoms with van der Waals surface area (Å²) in [6, 6.07) is 12.7. The van der Waals surface area contributed by atoms with Crippen LogP contribution in [0.4, 0.5) is 4.39 Å². The maximum atomic E-state index is 13.0. The number of amides is 1. The monoisotopic (exact) mass is 418 g/mol. The van der Waals surface area contributed by atoms with Gasteiger partial charge in [-0.05, 0) is 68.6 Å². The SMILES string of the molecule is Cc1ccccc1C(=O)NC1CCN(CCCS(=O)(=O)c2ccc(F)cc2)CC1. The number of hydrogen-bond donors (Lipinski definition) is 1. The van der Waals surface area contributed by atoms with E-state index in [1.807, 2.05) is 31.2 Å². The number of piperidine rings is 1. The molecule has 1 heterocycles. The minimum absolute atomic E-state index is 0.0352. The molecule has 0 aromatic heterocycles. The number of carbonyl (C=O) groups is 1. The zero-order valence-corrected chi connectivity index (χ0v) is 17.4. The highest BCUT2D eigenvalue weighted by Gasteiger charge is 2.22. The fourth-order valence-corrected chi connectivity index (χ4v) is 4.93. The second kappa shape index (κ2) is 9.50. The van der Waals surface area contributed by atoms with Gasteiger partial charge in [-0.15, -0.1) is 0 Å². The first kappa shape index (κ1) is 21.5. The molecular weight excluding hydrogens is 391 g/mol. The van der Waals surface area contributed by atoms with Crippen molar-refractivity contribution in [1.29, 1.82) is 0 Å². The maximum absolute atomic E-state index is 13.0. The fraction of sp³-hybridized carbons (Fsp3) is 0.409. The molecule has 156 valence electrons. The van der Waals surface area contributed by atoms with Gasteiger partial charge in [0.1, 0.15) is 5.82 Å². The Bertz CT molecular complexity index is 937. The molecule has 5 nitrogen and oxygen atoms in total. The average molecular weight is 419 g/mol. The van der Waals surface area contributed by atoms with Gasteiger partial charge in [0.25, 0.3) is 5.91 Å². The van der Waals surface area contributed by atoms with E-state index in [0.29, 0.717) is 18.5 Å². The van der Waals surface area contributed by atoms with Crippen molar-refractivity contribution in [2.75, 3.05) is 25.4 Å². The molecule has 0 radical (unpaired) electrons. The quantitative estimate of drug-likeness (QED) is 0.702. The van der Waals surface area contributed by atoms with Crippen molar-refractivity contribution in [3.63, 3.8) is 0 Å². The van der Waals surface area contributed by atoms with E-state index >= 15 is 0 Å². The van der Waals surface area contributed by atoms with Crippen molar-refractivity contribution in [2.24, 2.45) is 0 Å². The number of likely N-dealkylation sites (tertiary alicyclic amines) is 1. The van der Waals surface area contributed by atoms with Crippen LogP contribution in [-0.4, -0.2) is 50.7 Å². The van der Waals surface area contributed by atoms with E-state index < -0.39 is 15.7 Å². The molecule has 2 aromatic carbocycles. The highest BCUT2D eigenvalue weighted by atomic mass is 32.2. The summed E-state index contributed by atoms with van der Waals surface area (Å²) in [7, 11) is -3.39. The summed E-state index contributed by atoms with van der Waals surface area (Å²) in [4.78, 5) is 14.8. The zero-order chi connectivity index (χ0) is 20.9. The van der Waals surface area contributed by atoms with E-state index in [-0.39, 0.29) is 22.6 Å². The standard InChI is InChI=1S/C22H27FN2O3S/c1-17-5-2-3-6-21(17)22(26)24-19-11-14-25(15-12-19)13-4-16-29(27,28)20-9-7-18(23)8-10-20/h2-3,5-10,19H,4,11-16H2,1H3,(H,24,26). The lowest BCUT2D eigenvalue weighted by atomic mass is 10.0. The van der Waals surface area contributed by atoms with Crippen molar-refractivity contribution in [1.82, 2.24) is 10.2 Å². The molecule has 0 aliphatic carbocycles. The Balaban J connectivity index is 1.41. The van der Waals surface area contributed by atoms with E-state index in [1.54, 1.807) is 0 Å². The number of nitrogens with one attached hydrogen (secondary N) is 1. The van der Waals surface area contributed by atoms with E-state index in [9.17, 15) is 17.6 Å². The van der Waals surface area contributed by atoms with Crippen LogP contribution >= 0.6 is 0 Å². The predicted octanol–water partition coefficient (Wildman–Crippen LogP) is 3.19. The van der Waals surface area contributed by atoms with Crippen LogP contribution in [0.5, 0.6) is 0 Å². The maximum Gasteiger partial charge on any atom is 0.251 e. The Labute approximate surface area is 171 Å². The first-order chi connectivity index (χ1) is 13.8. The van der Waals surface area contributed by atoms with E-state index in [2.05, 4.69) is 10.2 Å². The third kappa shape index (κ3) is 5.87. The van der Waals surface area contributed by atoms with Crippen LogP contribution in [0.3, 0.4) is 0 Å². The van der Waals surface area contributed by atoms with Gasteiger partial charge in [-0.2, -0.15) is 0 Å². The van der Waals surface area contributed by atoms with Crippen LogP contribution in [0.15, 0.2) is 53.4 Å². The number of sulfone groups is 1. The van der Waals surface area contributed by atoms with Crippen LogP contribution < -0.4 is 5.32 Å². The Morgan fingerprint density at radius 1 is 1.10 bits per heavy atom. The van der Waals surface area contributed by atoms with Gasteiger partial charge >= 0.3 is 0 Å². The third-order valence-electron chi connectivity index (χ3n) is 5.37. The lowest BCUT2D eigenvalue weighted by Crippen LogP contribution is -2.45. The van der Waals surface area contributed by atoms with Crippen LogP contribution in [0.2, 0.25) is 0 Å². The second-order valence-electron chi connectivity index (χ2n) is 7.53. The molecule has 1 aliphatic rings. The number of benzene rings is 2. The lowest BCUT2D eigenvalue weighted by molar-refractivity contribution is 0.0910. The Morgan fingerprint density at radius 3 is 2.41 bits per heavy atom. The predicted molar refractivity (Wildman–Crippen MR) is 111 cm³/mol. The largest absolute Gasteiger partial charge is 0.349 e. The van der Waals surface area contributed by atoms with Crippen LogP contribution in [0.25, 0.3) is 0 Å². The second-order valence-corrected chi connectivity index (χ2v) is 9.64. The van der Waals surface area contributed by atoms with Gasteiger partial charge in [0.05, 0.1) is 10.6 Å². The van der Waals surface area contributed by atoms with Gasteiger partial charge in [-0.25, -0.2) is 12.8 Å². The van der Waals surface area contributed by atoms with E-state index in [1.165, 1.54) is 24.3 Å². The van der Waals surface area contributed by atoms with Crippen molar-refractivity contribution < 1.29 is 17.6 Å². The molecule has 3 rings (SSSR count). The summed E-state index contributed by atoms with van der Waals surface area (Å²) in [5.41, 5.74) is 1.67. The molecule has 0 unspecified atom stereocenters. The average Bonchev–Trinajstić information content (AvgIpc) is 2.70. The summed E-state index contributed by atoms with van der Waals surface area (Å²) >= 11 is 0. The van der Waals surface area contributed by atoms with E-state index in [4.69, 9.17) is 0 Å². The van der Waals surface area contributed by atoms with Gasteiger partial charge in [-0.1, -0.05) is 18.2 Å². The Hall–Kier alpha value is -2.25. The number of rotatable bonds is 7. The fourth-order valence-electron chi connectivity index (χ4n) is 3.63. The Morgan fingerprint density at radius 2 is 1.76 bits per heavy atom. The zero-order valence-electron chi connectivity index (χ0n) is 16.6. The number of halogens is 1. The molecule has 0 atom stereocenters. The smallest absolute Gasteiger partial charge is 0.251 e. The molecule has 0 spiro atoms. The number of nitrogens with zero attached hydrogens (tertiary/aromatic N) is 1. The molecule has 1 saturated heterocycles. The minimum Gasteiger partial charge on any atom is -0.349 e. The molecule has 7 heteroatoms. The first-order valence-electron chi connectivity index (χ1n) is 9.92. The molecule has 1 amide bonds. The van der Waals surface area contributed by atoms with Crippen molar-refractivity contribution >= 4 is 15.7 Å². The van der Waals surface area contributed by atoms with Gasteiger partial charge in [0.15, 0.2) is 9.84 Å². The molecular formula is C22H27FN2O3S. The van der Waals surface area contributed by atoms with Crippen molar-refractivity contribution in [3.8, 4) is 0 Å². The highest BCUT2D eigenvalue weighted by molar-refractivity contribution is 7.91. The van der Waals surface area contributed by atoms with E-state index in [0.717, 1.165) is 31.5 Å². The van der Waals surface area contributed by atoms with Gasteiger partial charge in [0.2, 0.25) is 0 Å². The summed E-state index contributed by atoms with van der Waals surface area (Å²) in [6.45, 7) is 4.28. The van der Waals surface area contributed by atoms with Gasteiger partial charge in [0, 0.05) is 24.7 Å². The minimum atomic E-state index is -3.39. The number of aryl methyl sites for hydroxylation is 1. The van der Waals surface area contributed by atoms with Crippen molar-refractivity contribution in [3.05, 3.63) is 65.5 Å². The number of hydrogen-bond acceptors (Lipinski definition) is 4. The Kier molecular flexibility index (Phi) is 7.03. The summed E-state index contributed by atoms with van der Waals surface area (Å²) in [6.07, 6.45) is 2.23. The summed E-state index contributed by atoms with van der Waals surface area (Å²) in [5, 5.41) is 3.11. The summed E-state index contributed by atoms with van der Waals surface area (Å²) in [5.74, 6) is -0.434. The van der Waals surface area contributed by atoms with Crippen LogP contribution in [-0.2, 0) is 9.84 Å².